The molecular weight excluding hydrogens is 280 g/mol. The Bertz CT molecular complexity index is 563. The Balaban J connectivity index is 1.60. The number of hydrogen-bond donors (Lipinski definition) is 2. The van der Waals surface area contributed by atoms with Crippen molar-refractivity contribution in [3.8, 4) is 0 Å². The molecule has 0 saturated carbocycles. The molecule has 0 bridgehead atoms. The van der Waals surface area contributed by atoms with Gasteiger partial charge in [-0.1, -0.05) is 0 Å². The summed E-state index contributed by atoms with van der Waals surface area (Å²) in [5, 5.41) is 5.17. The second kappa shape index (κ2) is 6.04. The summed E-state index contributed by atoms with van der Waals surface area (Å²) in [4.78, 5) is 29.9. The summed E-state index contributed by atoms with van der Waals surface area (Å²) in [6, 6.07) is 3.70. The van der Waals surface area contributed by atoms with Crippen LogP contribution in [0, 0.1) is 5.92 Å². The standard InChI is InChI=1S/C16H22N4O2/c1-16(14(21)18-15(22)19-16)13-3-2-9-20(11-13)10-6-12-4-7-17-8-5-12/h4-5,7-8,13H,2-3,6,9-11H2,1H3,(H2,18,19,21,22)/t13-,16+/m1/s1. The predicted molar refractivity (Wildman–Crippen MR) is 82.2 cm³/mol. The summed E-state index contributed by atoms with van der Waals surface area (Å²) in [7, 11) is 0. The number of amides is 3. The zero-order chi connectivity index (χ0) is 15.6. The minimum Gasteiger partial charge on any atom is -0.323 e. The number of nitrogens with one attached hydrogen (secondary N) is 2. The van der Waals surface area contributed by atoms with E-state index >= 15 is 0 Å². The van der Waals surface area contributed by atoms with Crippen molar-refractivity contribution >= 4 is 11.9 Å². The number of likely N-dealkylation sites (tertiary alicyclic amines) is 1. The highest BCUT2D eigenvalue weighted by atomic mass is 16.2. The molecule has 0 unspecified atom stereocenters. The molecule has 1 aromatic heterocycles. The quantitative estimate of drug-likeness (QED) is 0.812. The minimum atomic E-state index is -0.771. The van der Waals surface area contributed by atoms with Crippen LogP contribution in [-0.2, 0) is 11.2 Å². The molecule has 6 heteroatoms. The van der Waals surface area contributed by atoms with E-state index in [-0.39, 0.29) is 17.9 Å². The number of hydrogen-bond acceptors (Lipinski definition) is 4. The van der Waals surface area contributed by atoms with Crippen LogP contribution in [0.4, 0.5) is 4.79 Å². The van der Waals surface area contributed by atoms with Crippen molar-refractivity contribution < 1.29 is 9.59 Å². The van der Waals surface area contributed by atoms with Crippen LogP contribution in [-0.4, -0.2) is 47.0 Å². The molecule has 2 saturated heterocycles. The van der Waals surface area contributed by atoms with E-state index in [9.17, 15) is 9.59 Å². The third-order valence-corrected chi connectivity index (χ3v) is 4.86. The molecule has 0 aliphatic carbocycles. The normalized spacial score (nSPS) is 29.2. The van der Waals surface area contributed by atoms with Crippen LogP contribution in [0.15, 0.2) is 24.5 Å². The lowest BCUT2D eigenvalue weighted by atomic mass is 9.80. The molecule has 2 fully saturated rings. The lowest BCUT2D eigenvalue weighted by Crippen LogP contribution is -2.55. The number of urea groups is 1. The maximum atomic E-state index is 12.1. The summed E-state index contributed by atoms with van der Waals surface area (Å²) in [5.41, 5.74) is 0.502. The van der Waals surface area contributed by atoms with Crippen LogP contribution in [0.1, 0.15) is 25.3 Å². The van der Waals surface area contributed by atoms with Crippen LogP contribution in [0.3, 0.4) is 0 Å². The van der Waals surface area contributed by atoms with Crippen LogP contribution in [0.5, 0.6) is 0 Å². The van der Waals surface area contributed by atoms with Gasteiger partial charge < -0.3 is 10.2 Å². The highest BCUT2D eigenvalue weighted by Gasteiger charge is 2.48. The first-order valence-corrected chi connectivity index (χ1v) is 7.83. The van der Waals surface area contributed by atoms with Crippen molar-refractivity contribution in [2.45, 2.75) is 31.7 Å². The molecule has 2 N–H and O–H groups in total. The van der Waals surface area contributed by atoms with E-state index in [2.05, 4.69) is 20.5 Å². The summed E-state index contributed by atoms with van der Waals surface area (Å²) < 4.78 is 0. The maximum Gasteiger partial charge on any atom is 0.322 e. The van der Waals surface area contributed by atoms with Gasteiger partial charge >= 0.3 is 6.03 Å². The number of pyridine rings is 1. The Labute approximate surface area is 130 Å². The van der Waals surface area contributed by atoms with Crippen molar-refractivity contribution in [2.24, 2.45) is 5.92 Å². The minimum absolute atomic E-state index is 0.158. The average Bonchev–Trinajstić information content (AvgIpc) is 2.80. The first kappa shape index (κ1) is 15.0. The van der Waals surface area contributed by atoms with Crippen molar-refractivity contribution in [2.75, 3.05) is 19.6 Å². The SMILES string of the molecule is C[C@@]1([C@@H]2CCCN(CCc3ccncc3)C2)NC(=O)NC1=O. The number of imide groups is 1. The van der Waals surface area contributed by atoms with E-state index in [0.29, 0.717) is 0 Å². The molecule has 2 aliphatic rings. The Morgan fingerprint density at radius 2 is 2.14 bits per heavy atom. The first-order chi connectivity index (χ1) is 10.6. The van der Waals surface area contributed by atoms with E-state index < -0.39 is 5.54 Å². The lowest BCUT2D eigenvalue weighted by molar-refractivity contribution is -0.126. The molecule has 0 aromatic carbocycles. The topological polar surface area (TPSA) is 74.3 Å². The zero-order valence-corrected chi connectivity index (χ0v) is 12.8. The van der Waals surface area contributed by atoms with Crippen molar-refractivity contribution in [3.05, 3.63) is 30.1 Å². The summed E-state index contributed by atoms with van der Waals surface area (Å²) >= 11 is 0. The molecule has 1 aromatic rings. The van der Waals surface area contributed by atoms with Gasteiger partial charge in [-0.25, -0.2) is 4.79 Å². The Morgan fingerprint density at radius 1 is 1.36 bits per heavy atom. The van der Waals surface area contributed by atoms with Gasteiger partial charge in [0.25, 0.3) is 5.91 Å². The van der Waals surface area contributed by atoms with E-state index in [0.717, 1.165) is 38.9 Å². The number of carbonyl (C=O) groups excluding carboxylic acids is 2. The summed E-state index contributed by atoms with van der Waals surface area (Å²) in [6.07, 6.45) is 6.63. The van der Waals surface area contributed by atoms with Gasteiger partial charge in [0.05, 0.1) is 0 Å². The van der Waals surface area contributed by atoms with E-state index in [1.54, 1.807) is 0 Å². The number of rotatable bonds is 4. The largest absolute Gasteiger partial charge is 0.323 e. The summed E-state index contributed by atoms with van der Waals surface area (Å²) in [6.45, 7) is 4.69. The summed E-state index contributed by atoms with van der Waals surface area (Å²) in [5.74, 6) is -0.0383. The van der Waals surface area contributed by atoms with Gasteiger partial charge in [0.1, 0.15) is 5.54 Å². The molecule has 2 aliphatic heterocycles. The number of nitrogens with zero attached hydrogens (tertiary/aromatic N) is 2. The lowest BCUT2D eigenvalue weighted by Gasteiger charge is -2.39. The monoisotopic (exact) mass is 302 g/mol. The van der Waals surface area contributed by atoms with Gasteiger partial charge in [-0.3, -0.25) is 15.1 Å². The van der Waals surface area contributed by atoms with E-state index in [1.165, 1.54) is 5.56 Å². The molecule has 2 atom stereocenters. The zero-order valence-electron chi connectivity index (χ0n) is 12.8. The fourth-order valence-corrected chi connectivity index (χ4v) is 3.41. The molecule has 118 valence electrons. The maximum absolute atomic E-state index is 12.1. The predicted octanol–water partition coefficient (Wildman–Crippen LogP) is 0.934. The molecule has 3 amide bonds. The molecule has 3 heterocycles. The van der Waals surface area contributed by atoms with E-state index in [4.69, 9.17) is 0 Å². The Hall–Kier alpha value is -1.95. The molecule has 0 radical (unpaired) electrons. The van der Waals surface area contributed by atoms with Gasteiger partial charge in [0, 0.05) is 31.4 Å². The van der Waals surface area contributed by atoms with Crippen LogP contribution in [0.2, 0.25) is 0 Å². The van der Waals surface area contributed by atoms with Gasteiger partial charge in [-0.05, 0) is 50.4 Å². The Kier molecular flexibility index (Phi) is 4.11. The first-order valence-electron chi connectivity index (χ1n) is 7.83. The second-order valence-electron chi connectivity index (χ2n) is 6.36. The Morgan fingerprint density at radius 3 is 2.82 bits per heavy atom. The molecule has 3 rings (SSSR count). The molecular formula is C16H22N4O2. The van der Waals surface area contributed by atoms with Crippen molar-refractivity contribution in [1.29, 1.82) is 0 Å². The van der Waals surface area contributed by atoms with Crippen LogP contribution >= 0.6 is 0 Å². The fourth-order valence-electron chi connectivity index (χ4n) is 3.41. The molecule has 6 nitrogen and oxygen atoms in total. The van der Waals surface area contributed by atoms with Gasteiger partial charge in [0.2, 0.25) is 0 Å². The number of aromatic nitrogens is 1. The smallest absolute Gasteiger partial charge is 0.322 e. The average molecular weight is 302 g/mol. The van der Waals surface area contributed by atoms with Crippen LogP contribution < -0.4 is 10.6 Å². The van der Waals surface area contributed by atoms with Gasteiger partial charge in [0.15, 0.2) is 0 Å². The van der Waals surface area contributed by atoms with E-state index in [1.807, 2.05) is 31.5 Å². The third-order valence-electron chi connectivity index (χ3n) is 4.86. The van der Waals surface area contributed by atoms with Crippen LogP contribution in [0.25, 0.3) is 0 Å². The number of piperidine rings is 1. The van der Waals surface area contributed by atoms with Gasteiger partial charge in [-0.2, -0.15) is 0 Å². The molecule has 0 spiro atoms. The highest BCUT2D eigenvalue weighted by Crippen LogP contribution is 2.29. The van der Waals surface area contributed by atoms with Crippen molar-refractivity contribution in [3.63, 3.8) is 0 Å². The third kappa shape index (κ3) is 2.97. The molecule has 22 heavy (non-hydrogen) atoms. The fraction of sp³-hybridized carbons (Fsp3) is 0.562. The highest BCUT2D eigenvalue weighted by molar-refractivity contribution is 6.06. The second-order valence-corrected chi connectivity index (χ2v) is 6.36. The van der Waals surface area contributed by atoms with Crippen molar-refractivity contribution in [1.82, 2.24) is 20.5 Å². The van der Waals surface area contributed by atoms with Gasteiger partial charge in [-0.15, -0.1) is 0 Å². The number of carbonyl (C=O) groups is 2.